The monoisotopic (exact) mass is 358 g/mol. The topological polar surface area (TPSA) is 38.3 Å². The van der Waals surface area contributed by atoms with Crippen LogP contribution in [-0.4, -0.2) is 13.0 Å². The zero-order valence-corrected chi connectivity index (χ0v) is 12.9. The highest BCUT2D eigenvalue weighted by atomic mass is 35.5. The van der Waals surface area contributed by atoms with Gasteiger partial charge in [0.05, 0.1) is 12.7 Å². The first-order chi connectivity index (χ1) is 11.2. The smallest absolute Gasteiger partial charge is 0.416 e. The molecule has 126 valence electrons. The number of hydrogen-bond acceptors (Lipinski definition) is 2. The minimum atomic E-state index is -4.60. The third-order valence-electron chi connectivity index (χ3n) is 3.81. The van der Waals surface area contributed by atoms with E-state index < -0.39 is 23.3 Å². The number of nitrogens with one attached hydrogen (secondary N) is 1. The third kappa shape index (κ3) is 2.39. The molecule has 1 amide bonds. The Balaban J connectivity index is 2.21. The third-order valence-corrected chi connectivity index (χ3v) is 4.05. The van der Waals surface area contributed by atoms with Crippen LogP contribution in [0.5, 0.6) is 5.75 Å². The van der Waals surface area contributed by atoms with E-state index in [1.54, 1.807) is 0 Å². The second-order valence-electron chi connectivity index (χ2n) is 5.22. The van der Waals surface area contributed by atoms with Gasteiger partial charge >= 0.3 is 6.18 Å². The molecule has 2 aromatic carbocycles. The minimum absolute atomic E-state index is 0.0600. The first-order valence-corrected chi connectivity index (χ1v) is 7.12. The number of rotatable bonds is 2. The number of carbonyl (C=O) groups excluding carboxylic acids is 1. The predicted octanol–water partition coefficient (Wildman–Crippen LogP) is 4.53. The molecule has 1 N–H and O–H groups in total. The van der Waals surface area contributed by atoms with Gasteiger partial charge in [-0.1, -0.05) is 17.7 Å². The van der Waals surface area contributed by atoms with Gasteiger partial charge in [-0.3, -0.25) is 4.79 Å². The van der Waals surface area contributed by atoms with Crippen molar-refractivity contribution >= 4 is 23.2 Å². The SMILES string of the molecule is COc1ccc(Cl)cc1[C@@]1([18F])C(=O)Nc2cc(C(F)(F)F)ccc21. The van der Waals surface area contributed by atoms with Crippen molar-refractivity contribution in [2.24, 2.45) is 0 Å². The summed E-state index contributed by atoms with van der Waals surface area (Å²) in [6, 6.07) is 6.42. The number of fused-ring (bicyclic) bond motifs is 1. The quantitative estimate of drug-likeness (QED) is 0.801. The van der Waals surface area contributed by atoms with Crippen molar-refractivity contribution in [1.29, 1.82) is 0 Å². The molecular weight excluding hydrogens is 349 g/mol. The van der Waals surface area contributed by atoms with Crippen LogP contribution in [0.2, 0.25) is 5.02 Å². The normalized spacial score (nSPS) is 19.8. The molecule has 3 rings (SSSR count). The molecular formula is C16H10ClF4NO2. The standard InChI is InChI=1S/C16H10ClF4NO2/c1-24-13-5-3-9(17)7-11(13)15(18)10-4-2-8(16(19,20)21)6-12(10)22-14(15)23/h2-7H,1H3,(H,22,23)/t15-/m1/s1/i18-1. The molecule has 0 aliphatic carbocycles. The summed E-state index contributed by atoms with van der Waals surface area (Å²) < 4.78 is 59.1. The van der Waals surface area contributed by atoms with Crippen molar-refractivity contribution in [2.75, 3.05) is 12.4 Å². The van der Waals surface area contributed by atoms with E-state index >= 15 is 4.39 Å². The molecule has 8 heteroatoms. The number of carbonyl (C=O) groups is 1. The lowest BCUT2D eigenvalue weighted by atomic mass is 9.87. The average Bonchev–Trinajstić information content (AvgIpc) is 2.78. The van der Waals surface area contributed by atoms with Gasteiger partial charge in [0.25, 0.3) is 5.91 Å². The molecule has 0 saturated carbocycles. The summed E-state index contributed by atoms with van der Waals surface area (Å²) in [6.45, 7) is 0. The minimum Gasteiger partial charge on any atom is -0.496 e. The van der Waals surface area contributed by atoms with Gasteiger partial charge in [0.15, 0.2) is 0 Å². The van der Waals surface area contributed by atoms with Crippen LogP contribution in [0.3, 0.4) is 0 Å². The van der Waals surface area contributed by atoms with E-state index in [1.165, 1.54) is 25.3 Å². The van der Waals surface area contributed by atoms with Crippen LogP contribution in [-0.2, 0) is 16.6 Å². The fourth-order valence-corrected chi connectivity index (χ4v) is 2.84. The largest absolute Gasteiger partial charge is 0.496 e. The summed E-state index contributed by atoms with van der Waals surface area (Å²) in [5.41, 5.74) is -4.31. The van der Waals surface area contributed by atoms with E-state index in [9.17, 15) is 18.0 Å². The summed E-state index contributed by atoms with van der Waals surface area (Å²) in [6.07, 6.45) is -4.60. The lowest BCUT2D eigenvalue weighted by molar-refractivity contribution is -0.137. The highest BCUT2D eigenvalue weighted by Crippen LogP contribution is 2.48. The van der Waals surface area contributed by atoms with Gasteiger partial charge in [0, 0.05) is 21.8 Å². The van der Waals surface area contributed by atoms with Crippen molar-refractivity contribution in [1.82, 2.24) is 0 Å². The molecule has 0 bridgehead atoms. The maximum absolute atomic E-state index is 15.7. The number of halogens is 5. The Morgan fingerprint density at radius 2 is 1.83 bits per heavy atom. The molecule has 1 aliphatic heterocycles. The van der Waals surface area contributed by atoms with Crippen LogP contribution in [0.25, 0.3) is 0 Å². The Kier molecular flexibility index (Phi) is 3.71. The maximum Gasteiger partial charge on any atom is 0.416 e. The molecule has 0 spiro atoms. The van der Waals surface area contributed by atoms with Crippen molar-refractivity contribution in [3.63, 3.8) is 0 Å². The first-order valence-electron chi connectivity index (χ1n) is 6.74. The zero-order valence-electron chi connectivity index (χ0n) is 12.2. The van der Waals surface area contributed by atoms with Crippen LogP contribution in [0.15, 0.2) is 36.4 Å². The molecule has 0 fully saturated rings. The van der Waals surface area contributed by atoms with Gasteiger partial charge in [0.1, 0.15) is 5.75 Å². The molecule has 0 unspecified atom stereocenters. The predicted molar refractivity (Wildman–Crippen MR) is 80.0 cm³/mol. The van der Waals surface area contributed by atoms with E-state index in [0.717, 1.165) is 12.1 Å². The van der Waals surface area contributed by atoms with Gasteiger partial charge in [-0.15, -0.1) is 0 Å². The van der Waals surface area contributed by atoms with Crippen molar-refractivity contribution in [3.05, 3.63) is 58.1 Å². The van der Waals surface area contributed by atoms with E-state index in [2.05, 4.69) is 5.32 Å². The molecule has 1 heterocycles. The van der Waals surface area contributed by atoms with Crippen LogP contribution < -0.4 is 10.1 Å². The summed E-state index contributed by atoms with van der Waals surface area (Å²) in [4.78, 5) is 12.2. The summed E-state index contributed by atoms with van der Waals surface area (Å²) >= 11 is 5.87. The van der Waals surface area contributed by atoms with Crippen molar-refractivity contribution < 1.29 is 27.1 Å². The van der Waals surface area contributed by atoms with E-state index in [-0.39, 0.29) is 27.6 Å². The number of amides is 1. The molecule has 0 aromatic heterocycles. The van der Waals surface area contributed by atoms with E-state index in [0.29, 0.717) is 6.07 Å². The maximum atomic E-state index is 15.7. The molecule has 24 heavy (non-hydrogen) atoms. The van der Waals surface area contributed by atoms with Crippen LogP contribution in [0.4, 0.5) is 23.2 Å². The van der Waals surface area contributed by atoms with E-state index in [4.69, 9.17) is 16.3 Å². The molecule has 1 aliphatic rings. The number of hydrogen-bond donors (Lipinski definition) is 1. The number of anilines is 1. The van der Waals surface area contributed by atoms with Crippen LogP contribution >= 0.6 is 11.6 Å². The number of methoxy groups -OCH3 is 1. The van der Waals surface area contributed by atoms with Crippen LogP contribution in [0.1, 0.15) is 16.7 Å². The van der Waals surface area contributed by atoms with Gasteiger partial charge in [-0.2, -0.15) is 13.2 Å². The lowest BCUT2D eigenvalue weighted by Crippen LogP contribution is -2.31. The Bertz CT molecular complexity index is 837. The molecule has 0 saturated heterocycles. The highest BCUT2D eigenvalue weighted by molar-refractivity contribution is 6.30. The van der Waals surface area contributed by atoms with Crippen molar-refractivity contribution in [2.45, 2.75) is 11.8 Å². The first kappa shape index (κ1) is 16.6. The van der Waals surface area contributed by atoms with E-state index in [1.807, 2.05) is 0 Å². The Morgan fingerprint density at radius 3 is 2.46 bits per heavy atom. The highest BCUT2D eigenvalue weighted by Gasteiger charge is 2.51. The fourth-order valence-electron chi connectivity index (χ4n) is 2.67. The Morgan fingerprint density at radius 1 is 1.12 bits per heavy atom. The number of alkyl halides is 4. The average molecular weight is 359 g/mol. The van der Waals surface area contributed by atoms with Crippen molar-refractivity contribution in [3.8, 4) is 5.75 Å². The molecule has 2 aromatic rings. The number of benzene rings is 2. The lowest BCUT2D eigenvalue weighted by Gasteiger charge is -2.21. The number of ether oxygens (including phenoxy) is 1. The summed E-state index contributed by atoms with van der Waals surface area (Å²) in [7, 11) is 1.29. The van der Waals surface area contributed by atoms with Gasteiger partial charge in [-0.25, -0.2) is 4.39 Å². The second kappa shape index (κ2) is 5.37. The zero-order chi connectivity index (χ0) is 17.7. The molecule has 3 nitrogen and oxygen atoms in total. The molecule has 1 atom stereocenters. The Hall–Kier alpha value is -2.28. The summed E-state index contributed by atoms with van der Waals surface area (Å²) in [5, 5.41) is 2.32. The summed E-state index contributed by atoms with van der Waals surface area (Å²) in [5.74, 6) is -1.04. The molecule has 0 radical (unpaired) electrons. The second-order valence-corrected chi connectivity index (χ2v) is 5.65. The van der Waals surface area contributed by atoms with Gasteiger partial charge < -0.3 is 10.1 Å². The fraction of sp³-hybridized carbons (Fsp3) is 0.188. The van der Waals surface area contributed by atoms with Crippen LogP contribution in [0, 0.1) is 0 Å². The van der Waals surface area contributed by atoms with Gasteiger partial charge in [0.2, 0.25) is 5.67 Å². The van der Waals surface area contributed by atoms with Gasteiger partial charge in [-0.05, 0) is 30.3 Å². The Labute approximate surface area is 139 Å².